The van der Waals surface area contributed by atoms with Gasteiger partial charge in [-0.05, 0) is 24.2 Å². The van der Waals surface area contributed by atoms with Crippen molar-refractivity contribution in [3.8, 4) is 0 Å². The summed E-state index contributed by atoms with van der Waals surface area (Å²) in [7, 11) is 0. The van der Waals surface area contributed by atoms with Crippen LogP contribution in [0.5, 0.6) is 0 Å². The van der Waals surface area contributed by atoms with Gasteiger partial charge in [-0.3, -0.25) is 0 Å². The standard InChI is InChI=1S/C7H9F3/c1-6-3-2-4(6)5(6)7(8,9)10/h4-5H,2-3H2,1H3. The molecule has 2 aliphatic rings. The number of hydrogen-bond donors (Lipinski definition) is 0. The predicted molar refractivity (Wildman–Crippen MR) is 30.4 cm³/mol. The van der Waals surface area contributed by atoms with Crippen molar-refractivity contribution in [2.24, 2.45) is 17.3 Å². The fraction of sp³-hybridized carbons (Fsp3) is 1.00. The minimum Gasteiger partial charge on any atom is -0.171 e. The van der Waals surface area contributed by atoms with Crippen LogP contribution < -0.4 is 0 Å². The van der Waals surface area contributed by atoms with Crippen LogP contribution in [0, 0.1) is 17.3 Å². The second kappa shape index (κ2) is 1.36. The Labute approximate surface area is 57.4 Å². The van der Waals surface area contributed by atoms with E-state index in [0.717, 1.165) is 12.8 Å². The van der Waals surface area contributed by atoms with Gasteiger partial charge in [0.2, 0.25) is 0 Å². The van der Waals surface area contributed by atoms with Crippen LogP contribution >= 0.6 is 0 Å². The molecule has 3 atom stereocenters. The first kappa shape index (κ1) is 6.50. The molecule has 0 aliphatic heterocycles. The fourth-order valence-electron chi connectivity index (χ4n) is 2.35. The number of alkyl halides is 3. The zero-order valence-electron chi connectivity index (χ0n) is 5.70. The average Bonchev–Trinajstić information content (AvgIpc) is 2.11. The monoisotopic (exact) mass is 150 g/mol. The molecule has 0 aromatic rings. The minimum absolute atomic E-state index is 0.0208. The molecular weight excluding hydrogens is 141 g/mol. The molecule has 10 heavy (non-hydrogen) atoms. The molecule has 2 rings (SSSR count). The van der Waals surface area contributed by atoms with Gasteiger partial charge in [0.1, 0.15) is 0 Å². The summed E-state index contributed by atoms with van der Waals surface area (Å²) in [6.45, 7) is 1.75. The third-order valence-corrected chi connectivity index (χ3v) is 3.20. The lowest BCUT2D eigenvalue weighted by molar-refractivity contribution is -0.155. The van der Waals surface area contributed by atoms with Crippen LogP contribution in [0.3, 0.4) is 0 Å². The van der Waals surface area contributed by atoms with Crippen molar-refractivity contribution >= 4 is 0 Å². The second-order valence-corrected chi connectivity index (χ2v) is 3.67. The third-order valence-electron chi connectivity index (χ3n) is 3.20. The van der Waals surface area contributed by atoms with Gasteiger partial charge in [0.15, 0.2) is 0 Å². The molecule has 0 bridgehead atoms. The summed E-state index contributed by atoms with van der Waals surface area (Å²) in [4.78, 5) is 0. The molecule has 0 N–H and O–H groups in total. The van der Waals surface area contributed by atoms with Crippen LogP contribution in [-0.4, -0.2) is 6.18 Å². The first-order valence-electron chi connectivity index (χ1n) is 3.53. The SMILES string of the molecule is CC12CCC1C2C(F)(F)F. The molecule has 0 radical (unpaired) electrons. The Morgan fingerprint density at radius 3 is 2.00 bits per heavy atom. The Hall–Kier alpha value is -0.210. The van der Waals surface area contributed by atoms with Crippen molar-refractivity contribution < 1.29 is 13.2 Å². The molecule has 2 aliphatic carbocycles. The highest BCUT2D eigenvalue weighted by Crippen LogP contribution is 2.76. The summed E-state index contributed by atoms with van der Waals surface area (Å²) in [6.07, 6.45) is -2.35. The quantitative estimate of drug-likeness (QED) is 0.498. The average molecular weight is 150 g/mol. The van der Waals surface area contributed by atoms with Crippen molar-refractivity contribution in [1.82, 2.24) is 0 Å². The molecule has 3 heteroatoms. The lowest BCUT2D eigenvalue weighted by atomic mass is 9.87. The minimum atomic E-state index is -3.92. The zero-order chi connectivity index (χ0) is 7.57. The van der Waals surface area contributed by atoms with E-state index in [2.05, 4.69) is 0 Å². The molecular formula is C7H9F3. The number of hydrogen-bond acceptors (Lipinski definition) is 0. The van der Waals surface area contributed by atoms with Crippen LogP contribution in [0.25, 0.3) is 0 Å². The first-order valence-corrected chi connectivity index (χ1v) is 3.53. The zero-order valence-corrected chi connectivity index (χ0v) is 5.70. The van der Waals surface area contributed by atoms with Crippen LogP contribution in [0.4, 0.5) is 13.2 Å². The summed E-state index contributed by atoms with van der Waals surface area (Å²) in [5, 5.41) is 0. The molecule has 2 saturated carbocycles. The van der Waals surface area contributed by atoms with Crippen molar-refractivity contribution in [3.05, 3.63) is 0 Å². The second-order valence-electron chi connectivity index (χ2n) is 3.67. The third kappa shape index (κ3) is 0.540. The number of fused-ring (bicyclic) bond motifs is 1. The van der Waals surface area contributed by atoms with E-state index in [0.29, 0.717) is 0 Å². The van der Waals surface area contributed by atoms with Crippen molar-refractivity contribution in [2.75, 3.05) is 0 Å². The molecule has 0 nitrogen and oxygen atoms in total. The highest BCUT2D eigenvalue weighted by Gasteiger charge is 2.76. The van der Waals surface area contributed by atoms with E-state index < -0.39 is 12.1 Å². The van der Waals surface area contributed by atoms with Crippen molar-refractivity contribution in [1.29, 1.82) is 0 Å². The summed E-state index contributed by atoms with van der Waals surface area (Å²) in [5.74, 6) is -0.979. The van der Waals surface area contributed by atoms with Gasteiger partial charge in [-0.15, -0.1) is 0 Å². The van der Waals surface area contributed by atoms with E-state index >= 15 is 0 Å². The summed E-state index contributed by atoms with van der Waals surface area (Å²) in [5.41, 5.74) is -0.335. The topological polar surface area (TPSA) is 0 Å². The van der Waals surface area contributed by atoms with Gasteiger partial charge in [0.25, 0.3) is 0 Å². The number of halogens is 3. The van der Waals surface area contributed by atoms with E-state index in [1.807, 2.05) is 0 Å². The highest BCUT2D eigenvalue weighted by molar-refractivity contribution is 5.17. The van der Waals surface area contributed by atoms with E-state index in [4.69, 9.17) is 0 Å². The maximum atomic E-state index is 12.0. The van der Waals surface area contributed by atoms with Gasteiger partial charge in [-0.25, -0.2) is 0 Å². The van der Waals surface area contributed by atoms with E-state index in [1.165, 1.54) is 0 Å². The van der Waals surface area contributed by atoms with E-state index in [9.17, 15) is 13.2 Å². The maximum Gasteiger partial charge on any atom is 0.392 e. The highest BCUT2D eigenvalue weighted by atomic mass is 19.4. The molecule has 0 aromatic carbocycles. The Balaban J connectivity index is 2.12. The van der Waals surface area contributed by atoms with Crippen LogP contribution in [0.2, 0.25) is 0 Å². The molecule has 58 valence electrons. The molecule has 2 fully saturated rings. The van der Waals surface area contributed by atoms with Gasteiger partial charge in [0, 0.05) is 0 Å². The van der Waals surface area contributed by atoms with Gasteiger partial charge < -0.3 is 0 Å². The lowest BCUT2D eigenvalue weighted by Crippen LogP contribution is -2.15. The molecule has 0 heterocycles. The molecule has 0 spiro atoms. The Morgan fingerprint density at radius 2 is 1.90 bits per heavy atom. The summed E-state index contributed by atoms with van der Waals surface area (Å²) < 4.78 is 36.1. The van der Waals surface area contributed by atoms with Crippen molar-refractivity contribution in [3.63, 3.8) is 0 Å². The van der Waals surface area contributed by atoms with Gasteiger partial charge in [-0.1, -0.05) is 6.92 Å². The Morgan fingerprint density at radius 1 is 1.40 bits per heavy atom. The number of rotatable bonds is 0. The maximum absolute atomic E-state index is 12.0. The predicted octanol–water partition coefficient (Wildman–Crippen LogP) is 2.59. The molecule has 0 amide bonds. The van der Waals surface area contributed by atoms with Crippen LogP contribution in [-0.2, 0) is 0 Å². The normalized spacial score (nSPS) is 51.6. The van der Waals surface area contributed by atoms with Gasteiger partial charge in [-0.2, -0.15) is 13.2 Å². The molecule has 3 unspecified atom stereocenters. The molecule has 0 saturated heterocycles. The first-order chi connectivity index (χ1) is 4.46. The van der Waals surface area contributed by atoms with Crippen LogP contribution in [0.15, 0.2) is 0 Å². The summed E-state index contributed by atoms with van der Waals surface area (Å²) >= 11 is 0. The largest absolute Gasteiger partial charge is 0.392 e. The summed E-state index contributed by atoms with van der Waals surface area (Å²) in [6, 6.07) is 0. The smallest absolute Gasteiger partial charge is 0.171 e. The van der Waals surface area contributed by atoms with Gasteiger partial charge >= 0.3 is 6.18 Å². The molecule has 0 aromatic heterocycles. The van der Waals surface area contributed by atoms with E-state index in [1.54, 1.807) is 6.92 Å². The lowest BCUT2D eigenvalue weighted by Gasteiger charge is -2.18. The Kier molecular flexibility index (Phi) is 0.885. The van der Waals surface area contributed by atoms with E-state index in [-0.39, 0.29) is 11.3 Å². The van der Waals surface area contributed by atoms with Crippen molar-refractivity contribution in [2.45, 2.75) is 25.9 Å². The Bertz CT molecular complexity index is 167. The fourth-order valence-corrected chi connectivity index (χ4v) is 2.35. The van der Waals surface area contributed by atoms with Gasteiger partial charge in [0.05, 0.1) is 5.92 Å². The van der Waals surface area contributed by atoms with Crippen LogP contribution in [0.1, 0.15) is 19.8 Å².